The number of hydrogen-bond acceptors (Lipinski definition) is 2. The molecule has 0 fully saturated rings. The van der Waals surface area contributed by atoms with Crippen molar-refractivity contribution in [2.45, 2.75) is 0 Å². The van der Waals surface area contributed by atoms with Crippen molar-refractivity contribution in [3.63, 3.8) is 0 Å². The Hall–Kier alpha value is -1.84. The Balaban J connectivity index is 0.00000133. The second kappa shape index (κ2) is 6.36. The predicted octanol–water partition coefficient (Wildman–Crippen LogP) is 3.61. The molecule has 19 heavy (non-hydrogen) atoms. The summed E-state index contributed by atoms with van der Waals surface area (Å²) in [6, 6.07) is 22.8. The van der Waals surface area contributed by atoms with Gasteiger partial charge < -0.3 is 0 Å². The minimum Gasteiger partial charge on any atom is -0.295 e. The summed E-state index contributed by atoms with van der Waals surface area (Å²) < 4.78 is 0. The molecule has 0 amide bonds. The minimum absolute atomic E-state index is 0. The molecule has 2 nitrogen and oxygen atoms in total. The van der Waals surface area contributed by atoms with Gasteiger partial charge in [-0.3, -0.25) is 9.97 Å². The largest absolute Gasteiger partial charge is 1.00 e. The maximum absolute atomic E-state index is 4.62. The molecule has 0 atom stereocenters. The number of rotatable bonds is 2. The standard InChI is InChI=1S/C16H11N2.Os/c1-2-7-13(8-3-1)14-10-6-11-16(18-14)15-9-4-5-12-17-15;/h1-7,9-12H;/q-1;+1. The summed E-state index contributed by atoms with van der Waals surface area (Å²) in [6.45, 7) is 0. The predicted molar refractivity (Wildman–Crippen MR) is 71.7 cm³/mol. The van der Waals surface area contributed by atoms with Crippen molar-refractivity contribution in [2.75, 3.05) is 0 Å². The maximum atomic E-state index is 4.62. The number of hydrogen-bond donors (Lipinski definition) is 0. The van der Waals surface area contributed by atoms with Crippen LogP contribution < -0.4 is 0 Å². The van der Waals surface area contributed by atoms with E-state index < -0.39 is 0 Å². The molecule has 3 rings (SSSR count). The molecule has 2 heterocycles. The zero-order valence-electron chi connectivity index (χ0n) is 10.1. The van der Waals surface area contributed by atoms with E-state index in [9.17, 15) is 0 Å². The normalized spacial score (nSPS) is 9.68. The smallest absolute Gasteiger partial charge is 0.295 e. The monoisotopic (exact) mass is 423 g/mol. The molecule has 0 bridgehead atoms. The van der Waals surface area contributed by atoms with E-state index in [2.05, 4.69) is 16.0 Å². The number of pyridine rings is 2. The molecule has 0 N–H and O–H groups in total. The van der Waals surface area contributed by atoms with Gasteiger partial charge >= 0.3 is 19.8 Å². The Labute approximate surface area is 125 Å². The molecule has 2 aromatic heterocycles. The SMILES string of the molecule is [Os+].[c-]1ccccc1-c1cccc(-c2ccccn2)n1. The Morgan fingerprint density at radius 2 is 1.53 bits per heavy atom. The van der Waals surface area contributed by atoms with Crippen LogP contribution in [0.2, 0.25) is 0 Å². The second-order valence-corrected chi connectivity index (χ2v) is 3.90. The van der Waals surface area contributed by atoms with E-state index in [1.807, 2.05) is 60.7 Å². The molecular formula is C16H11N2Os. The van der Waals surface area contributed by atoms with E-state index in [4.69, 9.17) is 0 Å². The van der Waals surface area contributed by atoms with Gasteiger partial charge in [-0.05, 0) is 23.9 Å². The van der Waals surface area contributed by atoms with Crippen LogP contribution in [0.5, 0.6) is 0 Å². The van der Waals surface area contributed by atoms with Crippen LogP contribution in [0.1, 0.15) is 0 Å². The first-order valence-electron chi connectivity index (χ1n) is 5.79. The summed E-state index contributed by atoms with van der Waals surface area (Å²) in [5.41, 5.74) is 3.68. The van der Waals surface area contributed by atoms with Gasteiger partial charge in [0.1, 0.15) is 0 Å². The van der Waals surface area contributed by atoms with Crippen LogP contribution in [0.4, 0.5) is 0 Å². The van der Waals surface area contributed by atoms with Gasteiger partial charge in [0.15, 0.2) is 0 Å². The summed E-state index contributed by atoms with van der Waals surface area (Å²) in [4.78, 5) is 8.93. The van der Waals surface area contributed by atoms with Crippen molar-refractivity contribution in [3.8, 4) is 22.6 Å². The van der Waals surface area contributed by atoms with Gasteiger partial charge in [0.25, 0.3) is 0 Å². The quantitative estimate of drug-likeness (QED) is 0.591. The minimum atomic E-state index is 0. The molecule has 0 saturated carbocycles. The molecule has 0 unspecified atom stereocenters. The van der Waals surface area contributed by atoms with Gasteiger partial charge in [-0.25, -0.2) is 0 Å². The van der Waals surface area contributed by atoms with Crippen molar-refractivity contribution in [2.24, 2.45) is 0 Å². The van der Waals surface area contributed by atoms with Crippen LogP contribution in [0.3, 0.4) is 0 Å². The summed E-state index contributed by atoms with van der Waals surface area (Å²) in [5, 5.41) is 0. The number of aromatic nitrogens is 2. The van der Waals surface area contributed by atoms with Crippen LogP contribution in [-0.2, 0) is 19.8 Å². The van der Waals surface area contributed by atoms with E-state index in [1.165, 1.54) is 0 Å². The number of benzene rings is 1. The molecule has 0 aliphatic heterocycles. The molecular weight excluding hydrogens is 410 g/mol. The molecule has 93 valence electrons. The molecule has 0 aliphatic rings. The maximum Gasteiger partial charge on any atom is 1.00 e. The average Bonchev–Trinajstić information content (AvgIpc) is 2.49. The fourth-order valence-electron chi connectivity index (χ4n) is 1.79. The second-order valence-electron chi connectivity index (χ2n) is 3.90. The van der Waals surface area contributed by atoms with Gasteiger partial charge in [0, 0.05) is 6.20 Å². The van der Waals surface area contributed by atoms with Gasteiger partial charge in [-0.15, -0.1) is 35.9 Å². The van der Waals surface area contributed by atoms with E-state index in [1.54, 1.807) is 6.20 Å². The Morgan fingerprint density at radius 1 is 0.737 bits per heavy atom. The van der Waals surface area contributed by atoms with Crippen LogP contribution in [0, 0.1) is 6.07 Å². The first-order chi connectivity index (χ1) is 8.93. The van der Waals surface area contributed by atoms with Crippen molar-refractivity contribution in [1.82, 2.24) is 9.97 Å². The third-order valence-electron chi connectivity index (χ3n) is 2.66. The van der Waals surface area contributed by atoms with Crippen LogP contribution in [0.25, 0.3) is 22.6 Å². The third kappa shape index (κ3) is 3.13. The third-order valence-corrected chi connectivity index (χ3v) is 2.66. The summed E-state index contributed by atoms with van der Waals surface area (Å²) in [7, 11) is 0. The first kappa shape index (κ1) is 13.6. The van der Waals surface area contributed by atoms with Gasteiger partial charge in [-0.1, -0.05) is 18.2 Å². The van der Waals surface area contributed by atoms with E-state index >= 15 is 0 Å². The van der Waals surface area contributed by atoms with E-state index in [-0.39, 0.29) is 19.8 Å². The van der Waals surface area contributed by atoms with E-state index in [0.717, 1.165) is 22.6 Å². The molecule has 0 spiro atoms. The van der Waals surface area contributed by atoms with Crippen LogP contribution in [0.15, 0.2) is 66.9 Å². The van der Waals surface area contributed by atoms with Crippen molar-refractivity contribution < 1.29 is 19.8 Å². The van der Waals surface area contributed by atoms with Crippen molar-refractivity contribution in [3.05, 3.63) is 72.9 Å². The number of nitrogens with zero attached hydrogens (tertiary/aromatic N) is 2. The van der Waals surface area contributed by atoms with Crippen LogP contribution >= 0.6 is 0 Å². The topological polar surface area (TPSA) is 25.8 Å². The molecule has 1 aromatic carbocycles. The first-order valence-corrected chi connectivity index (χ1v) is 5.79. The fourth-order valence-corrected chi connectivity index (χ4v) is 1.79. The van der Waals surface area contributed by atoms with Gasteiger partial charge in [0.2, 0.25) is 0 Å². The Bertz CT molecular complexity index is 584. The van der Waals surface area contributed by atoms with Gasteiger partial charge in [-0.2, -0.15) is 0 Å². The van der Waals surface area contributed by atoms with Crippen molar-refractivity contribution >= 4 is 0 Å². The van der Waals surface area contributed by atoms with Crippen LogP contribution in [-0.4, -0.2) is 9.97 Å². The zero-order valence-corrected chi connectivity index (χ0v) is 12.6. The average molecular weight is 422 g/mol. The zero-order chi connectivity index (χ0) is 12.2. The molecule has 0 aliphatic carbocycles. The summed E-state index contributed by atoms with van der Waals surface area (Å²) in [6.07, 6.45) is 1.78. The Morgan fingerprint density at radius 3 is 2.26 bits per heavy atom. The van der Waals surface area contributed by atoms with E-state index in [0.29, 0.717) is 0 Å². The Kier molecular flexibility index (Phi) is 4.55. The molecule has 1 radical (unpaired) electrons. The molecule has 0 saturated heterocycles. The molecule has 3 heteroatoms. The summed E-state index contributed by atoms with van der Waals surface area (Å²) >= 11 is 0. The van der Waals surface area contributed by atoms with Crippen molar-refractivity contribution in [1.29, 1.82) is 0 Å². The van der Waals surface area contributed by atoms with Gasteiger partial charge in [0.05, 0.1) is 11.4 Å². The summed E-state index contributed by atoms with van der Waals surface area (Å²) in [5.74, 6) is 0. The fraction of sp³-hybridized carbons (Fsp3) is 0. The molecule has 3 aromatic rings.